The fourth-order valence-electron chi connectivity index (χ4n) is 4.74. The molecule has 3 N–H and O–H groups in total. The number of nitrogens with one attached hydrogen (secondary N) is 3. The van der Waals surface area contributed by atoms with Gasteiger partial charge in [-0.25, -0.2) is 9.18 Å². The zero-order chi connectivity index (χ0) is 22.6. The quantitative estimate of drug-likeness (QED) is 0.559. The smallest absolute Gasteiger partial charge is 0.365 e. The number of quaternary nitrogens is 1. The number of aromatic amines is 2. The van der Waals surface area contributed by atoms with Crippen LogP contribution in [0.25, 0.3) is 10.9 Å². The lowest BCUT2D eigenvalue weighted by Crippen LogP contribution is -3.17. The first-order chi connectivity index (χ1) is 15.3. The van der Waals surface area contributed by atoms with Crippen LogP contribution in [0.1, 0.15) is 50.6 Å². The Morgan fingerprint density at radius 1 is 1.34 bits per heavy atom. The number of halogens is 1. The number of hydrogen-bond acceptors (Lipinski definition) is 4. The summed E-state index contributed by atoms with van der Waals surface area (Å²) in [5.41, 5.74) is 3.70. The molecular weight excluding hydrogens is 413 g/mol. The topological polar surface area (TPSA) is 95.5 Å². The molecule has 1 aromatic carbocycles. The Labute approximate surface area is 184 Å². The lowest BCUT2D eigenvalue weighted by molar-refractivity contribution is -0.835. The normalized spacial score (nSPS) is 17.9. The van der Waals surface area contributed by atoms with Gasteiger partial charge in [0.05, 0.1) is 19.1 Å². The Morgan fingerprint density at radius 2 is 2.12 bits per heavy atom. The zero-order valence-corrected chi connectivity index (χ0v) is 18.5. The lowest BCUT2D eigenvalue weighted by atomic mass is 10.0. The van der Waals surface area contributed by atoms with Crippen molar-refractivity contribution in [2.75, 3.05) is 27.3 Å². The number of methoxy groups -OCH3 is 1. The van der Waals surface area contributed by atoms with E-state index in [2.05, 4.69) is 15.2 Å². The van der Waals surface area contributed by atoms with Crippen LogP contribution in [0.3, 0.4) is 0 Å². The van der Waals surface area contributed by atoms with Crippen molar-refractivity contribution in [3.63, 3.8) is 0 Å². The minimum Gasteiger partial charge on any atom is -0.378 e. The van der Waals surface area contributed by atoms with Crippen molar-refractivity contribution in [1.82, 2.24) is 20.1 Å². The highest BCUT2D eigenvalue weighted by Gasteiger charge is 2.54. The van der Waals surface area contributed by atoms with Gasteiger partial charge in [0.1, 0.15) is 23.7 Å². The van der Waals surface area contributed by atoms with Gasteiger partial charge in [0.15, 0.2) is 5.69 Å². The molecule has 32 heavy (non-hydrogen) atoms. The van der Waals surface area contributed by atoms with E-state index >= 15 is 0 Å². The largest absolute Gasteiger partial charge is 0.378 e. The Kier molecular flexibility index (Phi) is 4.90. The highest BCUT2D eigenvalue weighted by molar-refractivity contribution is 5.99. The molecule has 0 radical (unpaired) electrons. The van der Waals surface area contributed by atoms with Crippen LogP contribution in [-0.2, 0) is 17.7 Å². The number of aryl methyl sites for hydroxylation is 1. The van der Waals surface area contributed by atoms with Gasteiger partial charge in [0, 0.05) is 49.6 Å². The van der Waals surface area contributed by atoms with E-state index in [0.29, 0.717) is 41.9 Å². The Balaban J connectivity index is 1.40. The van der Waals surface area contributed by atoms with Gasteiger partial charge in [0.25, 0.3) is 5.91 Å². The zero-order valence-electron chi connectivity index (χ0n) is 18.5. The highest BCUT2D eigenvalue weighted by Crippen LogP contribution is 2.32. The van der Waals surface area contributed by atoms with Gasteiger partial charge in [-0.2, -0.15) is 5.10 Å². The van der Waals surface area contributed by atoms with Crippen LogP contribution < -0.4 is 4.90 Å². The Morgan fingerprint density at radius 3 is 2.81 bits per heavy atom. The number of amides is 2. The highest BCUT2D eigenvalue weighted by atomic mass is 19.1. The third-order valence-electron chi connectivity index (χ3n) is 7.03. The average Bonchev–Trinajstić information content (AvgIpc) is 3.24. The Bertz CT molecular complexity index is 1190. The molecule has 1 fully saturated rings. The molecule has 1 aliphatic heterocycles. The summed E-state index contributed by atoms with van der Waals surface area (Å²) in [6.07, 6.45) is 2.45. The van der Waals surface area contributed by atoms with Crippen LogP contribution in [0.15, 0.2) is 18.2 Å². The van der Waals surface area contributed by atoms with Crippen LogP contribution in [0.4, 0.5) is 4.39 Å². The predicted molar refractivity (Wildman–Crippen MR) is 115 cm³/mol. The van der Waals surface area contributed by atoms with Gasteiger partial charge in [-0.3, -0.25) is 14.8 Å². The monoisotopic (exact) mass is 440 g/mol. The SMILES string of the molecule is COCC1([NH+](C)C(=O)c2n[nH]c3c2CN(C(=O)c2cc4c(F)ccc(C)c4[nH]2)CC3)CC1. The van der Waals surface area contributed by atoms with Gasteiger partial charge < -0.3 is 14.6 Å². The minimum absolute atomic E-state index is 0.0883. The van der Waals surface area contributed by atoms with Gasteiger partial charge in [0.2, 0.25) is 0 Å². The first kappa shape index (κ1) is 20.8. The molecule has 1 unspecified atom stereocenters. The number of benzene rings is 1. The molecule has 8 nitrogen and oxygen atoms in total. The van der Waals surface area contributed by atoms with Crippen molar-refractivity contribution in [3.05, 3.63) is 52.2 Å². The second-order valence-electron chi connectivity index (χ2n) is 9.01. The van der Waals surface area contributed by atoms with E-state index in [-0.39, 0.29) is 29.7 Å². The molecule has 0 saturated heterocycles. The average molecular weight is 440 g/mol. The number of hydrogen-bond donors (Lipinski definition) is 3. The number of carbonyl (C=O) groups is 2. The van der Waals surface area contributed by atoms with E-state index in [9.17, 15) is 14.0 Å². The van der Waals surface area contributed by atoms with Crippen molar-refractivity contribution in [2.24, 2.45) is 0 Å². The molecule has 2 amide bonds. The second-order valence-corrected chi connectivity index (χ2v) is 9.01. The molecule has 2 aliphatic rings. The minimum atomic E-state index is -0.361. The van der Waals surface area contributed by atoms with Gasteiger partial charge >= 0.3 is 5.91 Å². The van der Waals surface area contributed by atoms with Gasteiger partial charge in [-0.15, -0.1) is 0 Å². The molecule has 3 aromatic rings. The van der Waals surface area contributed by atoms with Crippen molar-refractivity contribution < 1.29 is 23.6 Å². The molecule has 1 aliphatic carbocycles. The molecule has 1 atom stereocenters. The number of aromatic nitrogens is 3. The summed E-state index contributed by atoms with van der Waals surface area (Å²) in [7, 11) is 3.51. The third-order valence-corrected chi connectivity index (χ3v) is 7.03. The number of rotatable bonds is 5. The van der Waals surface area contributed by atoms with Crippen LogP contribution in [0, 0.1) is 12.7 Å². The van der Waals surface area contributed by atoms with Crippen molar-refractivity contribution in [1.29, 1.82) is 0 Å². The third kappa shape index (κ3) is 3.23. The fraction of sp³-hybridized carbons (Fsp3) is 0.435. The molecule has 9 heteroatoms. The van der Waals surface area contributed by atoms with Crippen molar-refractivity contribution in [2.45, 2.75) is 38.3 Å². The van der Waals surface area contributed by atoms with Crippen LogP contribution in [0.5, 0.6) is 0 Å². The van der Waals surface area contributed by atoms with Crippen molar-refractivity contribution >= 4 is 22.7 Å². The number of H-pyrrole nitrogens is 2. The summed E-state index contributed by atoms with van der Waals surface area (Å²) in [5.74, 6) is -0.667. The summed E-state index contributed by atoms with van der Waals surface area (Å²) in [4.78, 5) is 32.0. The maximum absolute atomic E-state index is 14.2. The van der Waals surface area contributed by atoms with E-state index in [4.69, 9.17) is 4.74 Å². The van der Waals surface area contributed by atoms with Gasteiger partial charge in [-0.05, 0) is 24.6 Å². The maximum Gasteiger partial charge on any atom is 0.365 e. The Hall–Kier alpha value is -3.04. The summed E-state index contributed by atoms with van der Waals surface area (Å²) >= 11 is 0. The maximum atomic E-state index is 14.2. The van der Waals surface area contributed by atoms with Crippen LogP contribution >= 0.6 is 0 Å². The summed E-state index contributed by atoms with van der Waals surface area (Å²) in [5, 5.41) is 7.71. The number of likely N-dealkylation sites (N-methyl/N-ethyl adjacent to an activating group) is 1. The summed E-state index contributed by atoms with van der Waals surface area (Å²) in [6, 6.07) is 4.66. The lowest BCUT2D eigenvalue weighted by Gasteiger charge is -2.27. The van der Waals surface area contributed by atoms with E-state index in [1.807, 2.05) is 14.0 Å². The predicted octanol–water partition coefficient (Wildman–Crippen LogP) is 1.37. The van der Waals surface area contributed by atoms with Gasteiger partial charge in [-0.1, -0.05) is 6.07 Å². The second kappa shape index (κ2) is 7.53. The standard InChI is InChI=1S/C23H26FN5O3/c1-13-4-5-16(24)14-10-18(25-19(13)14)21(30)29-9-6-17-15(11-29)20(27-26-17)22(31)28(2)23(7-8-23)12-32-3/h4-5,10,25H,6-9,11-12H2,1-3H3,(H,26,27)/p+1. The molecule has 3 heterocycles. The first-order valence-corrected chi connectivity index (χ1v) is 10.9. The van der Waals surface area contributed by atoms with E-state index in [0.717, 1.165) is 34.6 Å². The number of ether oxygens (including phenoxy) is 1. The first-order valence-electron chi connectivity index (χ1n) is 10.9. The number of fused-ring (bicyclic) bond motifs is 2. The number of nitrogens with zero attached hydrogens (tertiary/aromatic N) is 2. The molecular formula is C23H27FN5O3+. The molecule has 0 spiro atoms. The van der Waals surface area contributed by atoms with E-state index < -0.39 is 0 Å². The van der Waals surface area contributed by atoms with E-state index in [1.54, 1.807) is 24.1 Å². The van der Waals surface area contributed by atoms with Crippen molar-refractivity contribution in [3.8, 4) is 0 Å². The molecule has 168 valence electrons. The van der Waals surface area contributed by atoms with E-state index in [1.165, 1.54) is 6.07 Å². The molecule has 2 aromatic heterocycles. The number of carbonyl (C=O) groups excluding carboxylic acids is 2. The summed E-state index contributed by atoms with van der Waals surface area (Å²) in [6.45, 7) is 3.18. The molecule has 0 bridgehead atoms. The van der Waals surface area contributed by atoms with Crippen LogP contribution in [0.2, 0.25) is 0 Å². The fourth-order valence-corrected chi connectivity index (χ4v) is 4.74. The van der Waals surface area contributed by atoms with Crippen LogP contribution in [-0.4, -0.2) is 64.7 Å². The molecule has 1 saturated carbocycles. The molecule has 5 rings (SSSR count). The summed E-state index contributed by atoms with van der Waals surface area (Å²) < 4.78 is 19.5.